The molecule has 9 nitrogen and oxygen atoms in total. The summed E-state index contributed by atoms with van der Waals surface area (Å²) in [4.78, 5) is 45.4. The van der Waals surface area contributed by atoms with Crippen LogP contribution in [0.15, 0.2) is 91.4 Å². The largest absolute Gasteiger partial charge is 0.416 e. The third-order valence-corrected chi connectivity index (χ3v) is 6.67. The molecular weight excluding hydrogens is 547 g/mol. The van der Waals surface area contributed by atoms with Gasteiger partial charge in [0.1, 0.15) is 11.7 Å². The van der Waals surface area contributed by atoms with Gasteiger partial charge in [-0.3, -0.25) is 19.9 Å². The van der Waals surface area contributed by atoms with Crippen LogP contribution in [0, 0.1) is 0 Å². The smallest absolute Gasteiger partial charge is 0.340 e. The molecule has 6 aromatic rings. The van der Waals surface area contributed by atoms with Gasteiger partial charge in [-0.05, 0) is 41.3 Å². The van der Waals surface area contributed by atoms with Crippen LogP contribution in [0.25, 0.3) is 33.3 Å². The second-order valence-electron chi connectivity index (χ2n) is 9.59. The number of aromatic nitrogens is 5. The molecule has 1 atom stereocenters. The number of alkyl halides is 3. The van der Waals surface area contributed by atoms with E-state index in [1.165, 1.54) is 24.5 Å². The molecule has 4 N–H and O–H groups in total. The Bertz CT molecular complexity index is 1920. The first-order valence-corrected chi connectivity index (χ1v) is 12.8. The second-order valence-corrected chi connectivity index (χ2v) is 9.59. The van der Waals surface area contributed by atoms with E-state index in [1.54, 1.807) is 24.4 Å². The van der Waals surface area contributed by atoms with Crippen LogP contribution >= 0.6 is 0 Å². The number of nitrogens with one attached hydrogen (secondary N) is 4. The van der Waals surface area contributed by atoms with Crippen molar-refractivity contribution in [2.45, 2.75) is 18.6 Å². The summed E-state index contributed by atoms with van der Waals surface area (Å²) >= 11 is 0. The van der Waals surface area contributed by atoms with Gasteiger partial charge in [-0.25, -0.2) is 9.97 Å². The van der Waals surface area contributed by atoms with Crippen LogP contribution in [0.3, 0.4) is 0 Å². The van der Waals surface area contributed by atoms with E-state index in [9.17, 15) is 22.8 Å². The van der Waals surface area contributed by atoms with Crippen molar-refractivity contribution >= 4 is 39.6 Å². The fraction of sp³-hybridized carbons (Fsp3) is 0.100. The molecule has 210 valence electrons. The number of hydrogen-bond donors (Lipinski definition) is 4. The van der Waals surface area contributed by atoms with Crippen molar-refractivity contribution in [2.75, 3.05) is 5.32 Å². The Kier molecular flexibility index (Phi) is 6.87. The molecule has 3 aromatic carbocycles. The number of imidazole rings is 2. The van der Waals surface area contributed by atoms with Crippen LogP contribution in [0.4, 0.5) is 19.1 Å². The quantitative estimate of drug-likeness (QED) is 0.202. The van der Waals surface area contributed by atoms with Crippen molar-refractivity contribution in [2.24, 2.45) is 0 Å². The first kappa shape index (κ1) is 26.7. The predicted molar refractivity (Wildman–Crippen MR) is 150 cm³/mol. The maximum atomic E-state index is 13.3. The third kappa shape index (κ3) is 5.68. The standard InChI is InChI=1S/C30H22F3N7O2/c31-30(32,33)21-7-3-4-17(12-21)13-25(28(42)40-29-34-10-11-35-29)39-27(41)19-8-9-22-23(15-19)38-26(37-22)24-14-18-5-1-2-6-20(18)16-36-24/h1-12,14-16,25H,13H2,(H,37,38)(H,39,41)(H2,34,35,40,42)/t25-/m0/s1. The molecule has 2 amide bonds. The highest BCUT2D eigenvalue weighted by molar-refractivity contribution is 6.02. The summed E-state index contributed by atoms with van der Waals surface area (Å²) in [6.45, 7) is 0. The van der Waals surface area contributed by atoms with Gasteiger partial charge in [-0.15, -0.1) is 0 Å². The maximum Gasteiger partial charge on any atom is 0.416 e. The Morgan fingerprint density at radius 2 is 1.76 bits per heavy atom. The summed E-state index contributed by atoms with van der Waals surface area (Å²) < 4.78 is 39.8. The average molecular weight is 570 g/mol. The summed E-state index contributed by atoms with van der Waals surface area (Å²) in [5.41, 5.74) is 1.39. The predicted octanol–water partition coefficient (Wildman–Crippen LogP) is 5.50. The lowest BCUT2D eigenvalue weighted by molar-refractivity contribution is -0.137. The Labute approximate surface area is 236 Å². The minimum atomic E-state index is -4.55. The zero-order valence-electron chi connectivity index (χ0n) is 21.7. The average Bonchev–Trinajstić information content (AvgIpc) is 3.66. The Morgan fingerprint density at radius 3 is 2.55 bits per heavy atom. The lowest BCUT2D eigenvalue weighted by Gasteiger charge is -2.19. The molecule has 3 aromatic heterocycles. The molecule has 0 bridgehead atoms. The number of amides is 2. The number of halogens is 3. The van der Waals surface area contributed by atoms with Gasteiger partial charge in [0.2, 0.25) is 11.9 Å². The molecule has 0 unspecified atom stereocenters. The number of aromatic amines is 2. The van der Waals surface area contributed by atoms with E-state index in [0.29, 0.717) is 22.6 Å². The Hall–Kier alpha value is -5.52. The fourth-order valence-electron chi connectivity index (χ4n) is 4.58. The molecule has 42 heavy (non-hydrogen) atoms. The third-order valence-electron chi connectivity index (χ3n) is 6.67. The molecule has 0 aliphatic rings. The Morgan fingerprint density at radius 1 is 0.929 bits per heavy atom. The number of benzene rings is 3. The lowest BCUT2D eigenvalue weighted by atomic mass is 10.0. The van der Waals surface area contributed by atoms with Gasteiger partial charge in [0, 0.05) is 36.0 Å². The van der Waals surface area contributed by atoms with Crippen molar-refractivity contribution in [3.8, 4) is 11.5 Å². The number of H-pyrrole nitrogens is 2. The topological polar surface area (TPSA) is 128 Å². The van der Waals surface area contributed by atoms with Gasteiger partial charge in [0.05, 0.1) is 16.6 Å². The van der Waals surface area contributed by atoms with E-state index >= 15 is 0 Å². The van der Waals surface area contributed by atoms with Crippen LogP contribution in [0.1, 0.15) is 21.5 Å². The first-order chi connectivity index (χ1) is 20.2. The maximum absolute atomic E-state index is 13.3. The number of anilines is 1. The van der Waals surface area contributed by atoms with Crippen molar-refractivity contribution in [3.63, 3.8) is 0 Å². The van der Waals surface area contributed by atoms with E-state index in [2.05, 4.69) is 35.6 Å². The highest BCUT2D eigenvalue weighted by Gasteiger charge is 2.31. The van der Waals surface area contributed by atoms with Crippen molar-refractivity contribution in [1.29, 1.82) is 0 Å². The van der Waals surface area contributed by atoms with E-state index in [4.69, 9.17) is 0 Å². The van der Waals surface area contributed by atoms with Crippen LogP contribution in [0.5, 0.6) is 0 Å². The Balaban J connectivity index is 1.26. The molecule has 0 aliphatic carbocycles. The van der Waals surface area contributed by atoms with E-state index in [1.807, 2.05) is 30.3 Å². The molecule has 6 rings (SSSR count). The summed E-state index contributed by atoms with van der Waals surface area (Å²) in [7, 11) is 0. The van der Waals surface area contributed by atoms with Gasteiger partial charge in [-0.1, -0.05) is 42.5 Å². The number of nitrogens with zero attached hydrogens (tertiary/aromatic N) is 3. The highest BCUT2D eigenvalue weighted by Crippen LogP contribution is 2.30. The molecule has 12 heteroatoms. The van der Waals surface area contributed by atoms with Crippen LogP contribution in [-0.2, 0) is 17.4 Å². The van der Waals surface area contributed by atoms with Gasteiger partial charge >= 0.3 is 6.18 Å². The van der Waals surface area contributed by atoms with Crippen molar-refractivity contribution in [1.82, 2.24) is 30.2 Å². The summed E-state index contributed by atoms with van der Waals surface area (Å²) in [6.07, 6.45) is -0.0569. The van der Waals surface area contributed by atoms with Crippen LogP contribution in [0.2, 0.25) is 0 Å². The monoisotopic (exact) mass is 569 g/mol. The molecule has 3 heterocycles. The fourth-order valence-corrected chi connectivity index (χ4v) is 4.58. The zero-order valence-corrected chi connectivity index (χ0v) is 21.7. The van der Waals surface area contributed by atoms with E-state index in [0.717, 1.165) is 22.9 Å². The summed E-state index contributed by atoms with van der Waals surface area (Å²) in [6, 6.07) is 18.0. The molecule has 0 spiro atoms. The SMILES string of the molecule is O=C(N[C@@H](Cc1cccc(C(F)(F)F)c1)C(=O)Nc1ncc[nH]1)c1ccc2[nH]c(-c3cc4ccccc4cn3)nc2c1. The van der Waals surface area contributed by atoms with Crippen LogP contribution < -0.4 is 10.6 Å². The normalized spacial score (nSPS) is 12.4. The first-order valence-electron chi connectivity index (χ1n) is 12.8. The zero-order chi connectivity index (χ0) is 29.3. The molecule has 0 aliphatic heterocycles. The minimum Gasteiger partial charge on any atom is -0.340 e. The lowest BCUT2D eigenvalue weighted by Crippen LogP contribution is -2.45. The number of fused-ring (bicyclic) bond motifs is 2. The number of hydrogen-bond acceptors (Lipinski definition) is 5. The van der Waals surface area contributed by atoms with Gasteiger partial charge in [-0.2, -0.15) is 13.2 Å². The van der Waals surface area contributed by atoms with Crippen molar-refractivity contribution in [3.05, 3.63) is 108 Å². The number of carbonyl (C=O) groups is 2. The highest BCUT2D eigenvalue weighted by atomic mass is 19.4. The summed E-state index contributed by atoms with van der Waals surface area (Å²) in [5, 5.41) is 7.19. The second kappa shape index (κ2) is 10.8. The van der Waals surface area contributed by atoms with Crippen LogP contribution in [-0.4, -0.2) is 42.8 Å². The van der Waals surface area contributed by atoms with E-state index in [-0.39, 0.29) is 23.5 Å². The molecule has 0 fully saturated rings. The summed E-state index contributed by atoms with van der Waals surface area (Å²) in [5.74, 6) is -0.595. The molecule has 0 saturated heterocycles. The number of carbonyl (C=O) groups excluding carboxylic acids is 2. The van der Waals surface area contributed by atoms with Gasteiger partial charge in [0.25, 0.3) is 5.91 Å². The minimum absolute atomic E-state index is 0.135. The molecular formula is C30H22F3N7O2. The molecule has 0 saturated carbocycles. The number of rotatable bonds is 7. The van der Waals surface area contributed by atoms with Gasteiger partial charge < -0.3 is 15.3 Å². The van der Waals surface area contributed by atoms with Crippen molar-refractivity contribution < 1.29 is 22.8 Å². The van der Waals surface area contributed by atoms with Gasteiger partial charge in [0.15, 0.2) is 5.82 Å². The molecule has 0 radical (unpaired) electrons. The number of pyridine rings is 1. The van der Waals surface area contributed by atoms with E-state index < -0.39 is 29.6 Å².